The van der Waals surface area contributed by atoms with Crippen LogP contribution in [0.2, 0.25) is 0 Å². The Balaban J connectivity index is 2.00. The van der Waals surface area contributed by atoms with Gasteiger partial charge in [0, 0.05) is 32.6 Å². The fourth-order valence-corrected chi connectivity index (χ4v) is 5.06. The van der Waals surface area contributed by atoms with Gasteiger partial charge in [-0.2, -0.15) is 9.40 Å². The molecule has 0 saturated carbocycles. The zero-order valence-corrected chi connectivity index (χ0v) is 13.5. The summed E-state index contributed by atoms with van der Waals surface area (Å²) in [7, 11) is 0.265. The molecule has 3 rings (SSSR count). The molecule has 2 aliphatic rings. The zero-order valence-electron chi connectivity index (χ0n) is 12.7. The fourth-order valence-electron chi connectivity index (χ4n) is 3.19. The predicted molar refractivity (Wildman–Crippen MR) is 77.4 cm³/mol. The van der Waals surface area contributed by atoms with E-state index >= 15 is 0 Å². The van der Waals surface area contributed by atoms with Crippen LogP contribution in [-0.4, -0.2) is 73.3 Å². The first-order valence-electron chi connectivity index (χ1n) is 7.16. The van der Waals surface area contributed by atoms with Gasteiger partial charge in [-0.15, -0.1) is 0 Å². The minimum absolute atomic E-state index is 0.132. The number of ether oxygens (including phenoxy) is 1. The highest BCUT2D eigenvalue weighted by molar-refractivity contribution is 7.89. The first-order chi connectivity index (χ1) is 9.89. The highest BCUT2D eigenvalue weighted by Gasteiger charge is 2.40. The van der Waals surface area contributed by atoms with Crippen LogP contribution in [-0.2, 0) is 21.8 Å². The molecule has 2 saturated heterocycles. The van der Waals surface area contributed by atoms with Crippen molar-refractivity contribution in [2.75, 3.05) is 39.9 Å². The zero-order chi connectivity index (χ0) is 15.2. The van der Waals surface area contributed by atoms with E-state index < -0.39 is 10.0 Å². The lowest BCUT2D eigenvalue weighted by Gasteiger charge is -2.28. The van der Waals surface area contributed by atoms with Crippen molar-refractivity contribution < 1.29 is 13.2 Å². The normalized spacial score (nSPS) is 28.5. The summed E-state index contributed by atoms with van der Waals surface area (Å²) in [5.41, 5.74) is 0.670. The summed E-state index contributed by atoms with van der Waals surface area (Å²) in [6.07, 6.45) is 1.45. The lowest BCUT2D eigenvalue weighted by atomic mass is 10.1. The van der Waals surface area contributed by atoms with Crippen LogP contribution in [0.15, 0.2) is 11.1 Å². The molecule has 0 spiro atoms. The van der Waals surface area contributed by atoms with E-state index in [1.807, 2.05) is 7.05 Å². The number of hydrogen-bond donors (Lipinski definition) is 0. The maximum absolute atomic E-state index is 13.0. The summed E-state index contributed by atoms with van der Waals surface area (Å²) in [6, 6.07) is -0.132. The van der Waals surface area contributed by atoms with Gasteiger partial charge in [0.2, 0.25) is 10.0 Å². The van der Waals surface area contributed by atoms with Crippen LogP contribution in [0, 0.1) is 12.8 Å². The Morgan fingerprint density at radius 1 is 1.24 bits per heavy atom. The molecular weight excluding hydrogens is 292 g/mol. The van der Waals surface area contributed by atoms with Crippen molar-refractivity contribution in [1.29, 1.82) is 0 Å². The molecule has 2 atom stereocenters. The van der Waals surface area contributed by atoms with E-state index in [-0.39, 0.29) is 12.0 Å². The van der Waals surface area contributed by atoms with Crippen LogP contribution < -0.4 is 0 Å². The van der Waals surface area contributed by atoms with Crippen LogP contribution in [0.3, 0.4) is 0 Å². The van der Waals surface area contributed by atoms with Crippen LogP contribution in [0.1, 0.15) is 5.69 Å². The molecule has 1 aromatic rings. The highest BCUT2D eigenvalue weighted by Crippen LogP contribution is 2.27. The summed E-state index contributed by atoms with van der Waals surface area (Å²) in [5, 5.41) is 4.07. The molecule has 2 fully saturated rings. The topological polar surface area (TPSA) is 67.7 Å². The first-order valence-corrected chi connectivity index (χ1v) is 8.60. The van der Waals surface area contributed by atoms with Crippen LogP contribution in [0.4, 0.5) is 0 Å². The molecule has 8 heteroatoms. The maximum Gasteiger partial charge on any atom is 0.246 e. The Bertz CT molecular complexity index is 627. The number of hydrogen-bond acceptors (Lipinski definition) is 5. The molecule has 1 aromatic heterocycles. The van der Waals surface area contributed by atoms with Gasteiger partial charge in [-0.3, -0.25) is 4.68 Å². The average Bonchev–Trinajstić information content (AvgIpc) is 2.59. The molecule has 2 aliphatic heterocycles. The Morgan fingerprint density at radius 2 is 2.00 bits per heavy atom. The molecule has 0 radical (unpaired) electrons. The minimum Gasteiger partial charge on any atom is -0.379 e. The van der Waals surface area contributed by atoms with E-state index in [1.54, 1.807) is 23.0 Å². The second-order valence-corrected chi connectivity index (χ2v) is 7.93. The maximum atomic E-state index is 13.0. The third-order valence-corrected chi connectivity index (χ3v) is 6.40. The number of nitrogens with zero attached hydrogens (tertiary/aromatic N) is 4. The lowest BCUT2D eigenvalue weighted by Crippen LogP contribution is -2.45. The molecule has 3 heterocycles. The molecule has 0 aliphatic carbocycles. The third kappa shape index (κ3) is 2.61. The van der Waals surface area contributed by atoms with Crippen molar-refractivity contribution in [1.82, 2.24) is 19.0 Å². The molecule has 2 bridgehead atoms. The number of sulfonamides is 1. The number of aryl methyl sites for hydroxylation is 1. The monoisotopic (exact) mass is 314 g/mol. The molecule has 0 N–H and O–H groups in total. The fraction of sp³-hybridized carbons (Fsp3) is 0.769. The van der Waals surface area contributed by atoms with Gasteiger partial charge in [-0.05, 0) is 14.0 Å². The van der Waals surface area contributed by atoms with Crippen molar-refractivity contribution >= 4 is 10.0 Å². The molecule has 118 valence electrons. The van der Waals surface area contributed by atoms with Crippen molar-refractivity contribution in [3.63, 3.8) is 0 Å². The first kappa shape index (κ1) is 15.0. The summed E-state index contributed by atoms with van der Waals surface area (Å²) in [4.78, 5) is 2.50. The van der Waals surface area contributed by atoms with Crippen molar-refractivity contribution in [3.05, 3.63) is 11.9 Å². The number of aromatic nitrogens is 2. The lowest BCUT2D eigenvalue weighted by molar-refractivity contribution is 0.0659. The highest BCUT2D eigenvalue weighted by atomic mass is 32.2. The Labute approximate surface area is 125 Å². The Hall–Kier alpha value is -0.960. The van der Waals surface area contributed by atoms with Crippen molar-refractivity contribution in [2.24, 2.45) is 13.0 Å². The molecule has 7 nitrogen and oxygen atoms in total. The Kier molecular flexibility index (Phi) is 3.81. The number of rotatable bonds is 2. The summed E-state index contributed by atoms with van der Waals surface area (Å²) in [6.45, 7) is 4.96. The SMILES string of the molecule is Cc1c(S(=O)(=O)N2C[C@H]3COC[C@@H]2CN(C)C3)cnn1C. The van der Waals surface area contributed by atoms with Crippen LogP contribution in [0.25, 0.3) is 0 Å². The second kappa shape index (κ2) is 5.35. The van der Waals surface area contributed by atoms with E-state index in [2.05, 4.69) is 10.00 Å². The summed E-state index contributed by atoms with van der Waals surface area (Å²) >= 11 is 0. The van der Waals surface area contributed by atoms with Gasteiger partial charge in [0.15, 0.2) is 0 Å². The molecular formula is C13H22N4O3S. The average molecular weight is 314 g/mol. The molecule has 0 aromatic carbocycles. The Morgan fingerprint density at radius 3 is 2.67 bits per heavy atom. The van der Waals surface area contributed by atoms with Gasteiger partial charge in [-0.1, -0.05) is 0 Å². The minimum atomic E-state index is -3.53. The predicted octanol–water partition coefficient (Wildman–Crippen LogP) is -0.320. The van der Waals surface area contributed by atoms with E-state index in [4.69, 9.17) is 4.74 Å². The molecule has 0 amide bonds. The largest absolute Gasteiger partial charge is 0.379 e. The second-order valence-electron chi connectivity index (χ2n) is 6.07. The van der Waals surface area contributed by atoms with Gasteiger partial charge in [0.25, 0.3) is 0 Å². The quantitative estimate of drug-likeness (QED) is 0.748. The van der Waals surface area contributed by atoms with Crippen molar-refractivity contribution in [3.8, 4) is 0 Å². The van der Waals surface area contributed by atoms with E-state index in [0.29, 0.717) is 36.9 Å². The summed E-state index contributed by atoms with van der Waals surface area (Å²) < 4.78 is 34.9. The van der Waals surface area contributed by atoms with Crippen LogP contribution >= 0.6 is 0 Å². The van der Waals surface area contributed by atoms with E-state index in [0.717, 1.165) is 6.54 Å². The third-order valence-electron chi connectivity index (χ3n) is 4.38. The van der Waals surface area contributed by atoms with Gasteiger partial charge >= 0.3 is 0 Å². The van der Waals surface area contributed by atoms with Gasteiger partial charge in [0.05, 0.1) is 31.1 Å². The molecule has 0 unspecified atom stereocenters. The van der Waals surface area contributed by atoms with Gasteiger partial charge in [-0.25, -0.2) is 8.42 Å². The standard InChI is InChI=1S/C13H22N4O3S/c1-10-13(4-14-16(10)3)21(18,19)17-6-11-5-15(2)7-12(17)9-20-8-11/h4,11-12H,5-9H2,1-3H3/t11-,12-/m0/s1. The smallest absolute Gasteiger partial charge is 0.246 e. The van der Waals surface area contributed by atoms with Gasteiger partial charge < -0.3 is 9.64 Å². The summed E-state index contributed by atoms with van der Waals surface area (Å²) in [5.74, 6) is 0.217. The molecule has 21 heavy (non-hydrogen) atoms. The van der Waals surface area contributed by atoms with Crippen molar-refractivity contribution in [2.45, 2.75) is 17.9 Å². The van der Waals surface area contributed by atoms with Gasteiger partial charge in [0.1, 0.15) is 4.90 Å². The number of fused-ring (bicyclic) bond motifs is 3. The van der Waals surface area contributed by atoms with E-state index in [9.17, 15) is 8.42 Å². The van der Waals surface area contributed by atoms with E-state index in [1.165, 1.54) is 6.20 Å². The number of likely N-dealkylation sites (N-methyl/N-ethyl adjacent to an activating group) is 1. The van der Waals surface area contributed by atoms with Crippen LogP contribution in [0.5, 0.6) is 0 Å².